The van der Waals surface area contributed by atoms with E-state index in [1.165, 1.54) is 18.4 Å². The Kier molecular flexibility index (Phi) is 4.91. The lowest BCUT2D eigenvalue weighted by molar-refractivity contribution is 0.569. The standard InChI is InChI=1S/C16H20N2/c1-2-3-12-18-16(14-9-5-4-6-10-14)15-11-7-8-13-17-15/h4-11,13,16,18H,2-3,12H2,1H3. The maximum Gasteiger partial charge on any atom is 0.0751 e. The molecule has 1 aromatic heterocycles. The summed E-state index contributed by atoms with van der Waals surface area (Å²) < 4.78 is 0. The van der Waals surface area contributed by atoms with Gasteiger partial charge in [0.2, 0.25) is 0 Å². The SMILES string of the molecule is CCCCNC(c1ccccc1)c1ccccn1. The summed E-state index contributed by atoms with van der Waals surface area (Å²) in [5.74, 6) is 0. The van der Waals surface area contributed by atoms with E-state index in [-0.39, 0.29) is 6.04 Å². The summed E-state index contributed by atoms with van der Waals surface area (Å²) >= 11 is 0. The quantitative estimate of drug-likeness (QED) is 0.781. The summed E-state index contributed by atoms with van der Waals surface area (Å²) in [4.78, 5) is 4.47. The van der Waals surface area contributed by atoms with Crippen LogP contribution in [-0.2, 0) is 0 Å². The van der Waals surface area contributed by atoms with Crippen LogP contribution in [0.15, 0.2) is 54.7 Å². The van der Waals surface area contributed by atoms with Gasteiger partial charge in [0.1, 0.15) is 0 Å². The van der Waals surface area contributed by atoms with E-state index in [0.717, 1.165) is 12.2 Å². The van der Waals surface area contributed by atoms with E-state index in [0.29, 0.717) is 0 Å². The fourth-order valence-electron chi connectivity index (χ4n) is 2.01. The highest BCUT2D eigenvalue weighted by Gasteiger charge is 2.13. The van der Waals surface area contributed by atoms with Crippen LogP contribution in [0.3, 0.4) is 0 Å². The molecule has 2 nitrogen and oxygen atoms in total. The van der Waals surface area contributed by atoms with Gasteiger partial charge in [-0.2, -0.15) is 0 Å². The van der Waals surface area contributed by atoms with E-state index >= 15 is 0 Å². The van der Waals surface area contributed by atoms with E-state index in [4.69, 9.17) is 0 Å². The van der Waals surface area contributed by atoms with Gasteiger partial charge < -0.3 is 5.32 Å². The highest BCUT2D eigenvalue weighted by atomic mass is 14.9. The van der Waals surface area contributed by atoms with Gasteiger partial charge in [0, 0.05) is 6.20 Å². The molecular weight excluding hydrogens is 220 g/mol. The van der Waals surface area contributed by atoms with Crippen LogP contribution in [0, 0.1) is 0 Å². The van der Waals surface area contributed by atoms with Crippen molar-refractivity contribution in [2.24, 2.45) is 0 Å². The molecule has 0 saturated carbocycles. The van der Waals surface area contributed by atoms with Crippen molar-refractivity contribution in [1.82, 2.24) is 10.3 Å². The van der Waals surface area contributed by atoms with Crippen LogP contribution >= 0.6 is 0 Å². The molecule has 94 valence electrons. The van der Waals surface area contributed by atoms with Crippen molar-refractivity contribution in [2.75, 3.05) is 6.54 Å². The second kappa shape index (κ2) is 6.92. The minimum atomic E-state index is 0.193. The highest BCUT2D eigenvalue weighted by molar-refractivity contribution is 5.27. The second-order valence-electron chi connectivity index (χ2n) is 4.41. The predicted octanol–water partition coefficient (Wildman–Crippen LogP) is 3.56. The first-order chi connectivity index (χ1) is 8.92. The van der Waals surface area contributed by atoms with Crippen molar-refractivity contribution < 1.29 is 0 Å². The molecule has 0 saturated heterocycles. The molecule has 0 fully saturated rings. The monoisotopic (exact) mass is 240 g/mol. The Bertz CT molecular complexity index is 400. The molecule has 18 heavy (non-hydrogen) atoms. The summed E-state index contributed by atoms with van der Waals surface area (Å²) in [6, 6.07) is 16.8. The van der Waals surface area contributed by atoms with Gasteiger partial charge in [-0.05, 0) is 30.7 Å². The normalized spacial score (nSPS) is 12.3. The van der Waals surface area contributed by atoms with Gasteiger partial charge in [0.25, 0.3) is 0 Å². The molecule has 0 bridgehead atoms. The lowest BCUT2D eigenvalue weighted by Gasteiger charge is -2.18. The van der Waals surface area contributed by atoms with Crippen LogP contribution in [-0.4, -0.2) is 11.5 Å². The molecular formula is C16H20N2. The third-order valence-corrected chi connectivity index (χ3v) is 3.00. The van der Waals surface area contributed by atoms with Crippen molar-refractivity contribution in [3.63, 3.8) is 0 Å². The lowest BCUT2D eigenvalue weighted by Crippen LogP contribution is -2.24. The highest BCUT2D eigenvalue weighted by Crippen LogP contribution is 2.19. The van der Waals surface area contributed by atoms with E-state index in [2.05, 4.69) is 47.6 Å². The number of hydrogen-bond donors (Lipinski definition) is 1. The molecule has 1 atom stereocenters. The fourth-order valence-corrected chi connectivity index (χ4v) is 2.01. The van der Waals surface area contributed by atoms with Gasteiger partial charge in [0.05, 0.1) is 11.7 Å². The predicted molar refractivity (Wildman–Crippen MR) is 75.4 cm³/mol. The molecule has 2 heteroatoms. The number of unbranched alkanes of at least 4 members (excludes halogenated alkanes) is 1. The Morgan fingerprint density at radius 2 is 1.83 bits per heavy atom. The van der Waals surface area contributed by atoms with Gasteiger partial charge in [-0.3, -0.25) is 4.98 Å². The molecule has 1 heterocycles. The molecule has 0 aliphatic heterocycles. The van der Waals surface area contributed by atoms with Gasteiger partial charge in [-0.1, -0.05) is 49.7 Å². The molecule has 1 unspecified atom stereocenters. The Morgan fingerprint density at radius 1 is 1.06 bits per heavy atom. The molecule has 1 aromatic carbocycles. The third kappa shape index (κ3) is 3.41. The first-order valence-electron chi connectivity index (χ1n) is 6.61. The second-order valence-corrected chi connectivity index (χ2v) is 4.41. The van der Waals surface area contributed by atoms with E-state index in [1.54, 1.807) is 0 Å². The maximum absolute atomic E-state index is 4.47. The smallest absolute Gasteiger partial charge is 0.0751 e. The van der Waals surface area contributed by atoms with Crippen LogP contribution in [0.4, 0.5) is 0 Å². The zero-order chi connectivity index (χ0) is 12.6. The minimum absolute atomic E-state index is 0.193. The van der Waals surface area contributed by atoms with E-state index in [9.17, 15) is 0 Å². The van der Waals surface area contributed by atoms with Gasteiger partial charge in [-0.15, -0.1) is 0 Å². The number of nitrogens with one attached hydrogen (secondary N) is 1. The lowest BCUT2D eigenvalue weighted by atomic mass is 10.0. The molecule has 0 aliphatic carbocycles. The van der Waals surface area contributed by atoms with Crippen molar-refractivity contribution in [1.29, 1.82) is 0 Å². The van der Waals surface area contributed by atoms with Crippen LogP contribution in [0.1, 0.15) is 37.1 Å². The van der Waals surface area contributed by atoms with Gasteiger partial charge in [0.15, 0.2) is 0 Å². The first-order valence-corrected chi connectivity index (χ1v) is 6.61. The first kappa shape index (κ1) is 12.8. The Hall–Kier alpha value is -1.67. The molecule has 2 rings (SSSR count). The minimum Gasteiger partial charge on any atom is -0.305 e. The third-order valence-electron chi connectivity index (χ3n) is 3.00. The number of aromatic nitrogens is 1. The molecule has 0 aliphatic rings. The summed E-state index contributed by atoms with van der Waals surface area (Å²) in [6.45, 7) is 3.23. The summed E-state index contributed by atoms with van der Waals surface area (Å²) in [5.41, 5.74) is 2.35. The maximum atomic E-state index is 4.47. The Labute approximate surface area is 109 Å². The molecule has 0 amide bonds. The van der Waals surface area contributed by atoms with Crippen molar-refractivity contribution in [3.8, 4) is 0 Å². The average Bonchev–Trinajstić information content (AvgIpc) is 2.46. The van der Waals surface area contributed by atoms with Crippen molar-refractivity contribution >= 4 is 0 Å². The van der Waals surface area contributed by atoms with Gasteiger partial charge in [-0.25, -0.2) is 0 Å². The topological polar surface area (TPSA) is 24.9 Å². The van der Waals surface area contributed by atoms with Crippen LogP contribution < -0.4 is 5.32 Å². The zero-order valence-corrected chi connectivity index (χ0v) is 10.8. The van der Waals surface area contributed by atoms with Crippen LogP contribution in [0.2, 0.25) is 0 Å². The van der Waals surface area contributed by atoms with E-state index < -0.39 is 0 Å². The largest absolute Gasteiger partial charge is 0.305 e. The fraction of sp³-hybridized carbons (Fsp3) is 0.312. The van der Waals surface area contributed by atoms with Gasteiger partial charge >= 0.3 is 0 Å². The summed E-state index contributed by atoms with van der Waals surface area (Å²) in [6.07, 6.45) is 4.25. The Balaban J connectivity index is 2.18. The van der Waals surface area contributed by atoms with Crippen LogP contribution in [0.25, 0.3) is 0 Å². The van der Waals surface area contributed by atoms with E-state index in [1.807, 2.05) is 24.4 Å². The Morgan fingerprint density at radius 3 is 2.50 bits per heavy atom. The molecule has 0 radical (unpaired) electrons. The number of rotatable bonds is 6. The average molecular weight is 240 g/mol. The van der Waals surface area contributed by atoms with Crippen LogP contribution in [0.5, 0.6) is 0 Å². The van der Waals surface area contributed by atoms with Crippen molar-refractivity contribution in [2.45, 2.75) is 25.8 Å². The molecule has 1 N–H and O–H groups in total. The zero-order valence-electron chi connectivity index (χ0n) is 10.8. The molecule has 2 aromatic rings. The number of nitrogens with zero attached hydrogens (tertiary/aromatic N) is 1. The number of benzene rings is 1. The van der Waals surface area contributed by atoms with Crippen molar-refractivity contribution in [3.05, 3.63) is 66.0 Å². The molecule has 0 spiro atoms. The number of pyridine rings is 1. The summed E-state index contributed by atoms with van der Waals surface area (Å²) in [7, 11) is 0. The number of hydrogen-bond acceptors (Lipinski definition) is 2. The summed E-state index contributed by atoms with van der Waals surface area (Å²) in [5, 5.41) is 3.59.